The van der Waals surface area contributed by atoms with Gasteiger partial charge in [-0.3, -0.25) is 4.79 Å². The van der Waals surface area contributed by atoms with Gasteiger partial charge in [0.2, 0.25) is 5.91 Å². The summed E-state index contributed by atoms with van der Waals surface area (Å²) in [6, 6.07) is 15.1. The Hall–Kier alpha value is -3.35. The quantitative estimate of drug-likeness (QED) is 0.634. The number of carbonyl (C=O) groups excluding carboxylic acids is 2. The van der Waals surface area contributed by atoms with Gasteiger partial charge >= 0.3 is 12.1 Å². The van der Waals surface area contributed by atoms with Crippen molar-refractivity contribution in [1.82, 2.24) is 10.6 Å². The number of nitrogens with one attached hydrogen (secondary N) is 2. The molecule has 7 nitrogen and oxygen atoms in total. The predicted molar refractivity (Wildman–Crippen MR) is 121 cm³/mol. The molecule has 0 radical (unpaired) electrons. The molecule has 0 spiro atoms. The van der Waals surface area contributed by atoms with Crippen molar-refractivity contribution < 1.29 is 24.2 Å². The zero-order chi connectivity index (χ0) is 23.7. The van der Waals surface area contributed by atoms with Gasteiger partial charge in [0, 0.05) is 5.92 Å². The molecule has 3 N–H and O–H groups in total. The summed E-state index contributed by atoms with van der Waals surface area (Å²) < 4.78 is 5.55. The van der Waals surface area contributed by atoms with Crippen LogP contribution in [0.2, 0.25) is 0 Å². The van der Waals surface area contributed by atoms with E-state index < -0.39 is 35.0 Å². The standard InChI is InChI=1S/C25H30N2O5/c1-24(2,3)20(21(28)27-25(4,5)22(29)30)26-23(31)32-14-19-17-12-8-6-10-15(17)16-11-7-9-13-18(16)19/h6-13,19-20H,14H2,1-5H3,(H,26,31)(H,27,28)(H,29,30). The maximum atomic E-state index is 12.8. The first kappa shape index (κ1) is 23.3. The highest BCUT2D eigenvalue weighted by Crippen LogP contribution is 2.44. The molecule has 170 valence electrons. The molecule has 0 aliphatic heterocycles. The Kier molecular flexibility index (Phi) is 6.30. The molecule has 1 unspecified atom stereocenters. The average Bonchev–Trinajstić information content (AvgIpc) is 3.03. The van der Waals surface area contributed by atoms with Crippen molar-refractivity contribution in [3.8, 4) is 11.1 Å². The largest absolute Gasteiger partial charge is 0.480 e. The second kappa shape index (κ2) is 8.65. The number of hydrogen-bond donors (Lipinski definition) is 3. The van der Waals surface area contributed by atoms with Crippen LogP contribution in [0, 0.1) is 5.41 Å². The third kappa shape index (κ3) is 4.77. The molecule has 0 saturated heterocycles. The lowest BCUT2D eigenvalue weighted by molar-refractivity contribution is -0.146. The minimum Gasteiger partial charge on any atom is -0.480 e. The highest BCUT2D eigenvalue weighted by atomic mass is 16.5. The second-order valence-corrected chi connectivity index (χ2v) is 9.69. The van der Waals surface area contributed by atoms with Crippen molar-refractivity contribution in [2.75, 3.05) is 6.61 Å². The number of rotatable bonds is 6. The topological polar surface area (TPSA) is 105 Å². The Labute approximate surface area is 188 Å². The van der Waals surface area contributed by atoms with Gasteiger partial charge in [-0.1, -0.05) is 69.3 Å². The molecule has 0 heterocycles. The van der Waals surface area contributed by atoms with E-state index >= 15 is 0 Å². The Balaban J connectivity index is 1.71. The van der Waals surface area contributed by atoms with Gasteiger partial charge in [-0.05, 0) is 41.5 Å². The van der Waals surface area contributed by atoms with E-state index in [0.29, 0.717) is 0 Å². The van der Waals surface area contributed by atoms with E-state index in [9.17, 15) is 19.5 Å². The van der Waals surface area contributed by atoms with Crippen molar-refractivity contribution in [2.24, 2.45) is 5.41 Å². The zero-order valence-electron chi connectivity index (χ0n) is 19.1. The Morgan fingerprint density at radius 1 is 0.938 bits per heavy atom. The summed E-state index contributed by atoms with van der Waals surface area (Å²) in [6.07, 6.45) is -0.727. The molecule has 2 aromatic rings. The van der Waals surface area contributed by atoms with Crippen LogP contribution in [0.5, 0.6) is 0 Å². The van der Waals surface area contributed by atoms with Crippen LogP contribution in [0.3, 0.4) is 0 Å². The van der Waals surface area contributed by atoms with Gasteiger partial charge in [0.25, 0.3) is 0 Å². The lowest BCUT2D eigenvalue weighted by atomic mass is 9.85. The number of alkyl carbamates (subject to hydrolysis) is 1. The molecule has 0 saturated carbocycles. The first-order valence-electron chi connectivity index (χ1n) is 10.6. The lowest BCUT2D eigenvalue weighted by Gasteiger charge is -2.32. The minimum absolute atomic E-state index is 0.0963. The predicted octanol–water partition coefficient (Wildman–Crippen LogP) is 3.92. The van der Waals surface area contributed by atoms with E-state index in [-0.39, 0.29) is 12.5 Å². The van der Waals surface area contributed by atoms with E-state index in [0.717, 1.165) is 22.3 Å². The summed E-state index contributed by atoms with van der Waals surface area (Å²) in [5.41, 5.74) is 2.30. The van der Waals surface area contributed by atoms with E-state index in [1.54, 1.807) is 20.8 Å². The first-order chi connectivity index (χ1) is 14.9. The van der Waals surface area contributed by atoms with E-state index in [1.165, 1.54) is 13.8 Å². The molecule has 1 aliphatic carbocycles. The fraction of sp³-hybridized carbons (Fsp3) is 0.400. The number of aliphatic carboxylic acids is 1. The van der Waals surface area contributed by atoms with E-state index in [1.807, 2.05) is 36.4 Å². The lowest BCUT2D eigenvalue weighted by Crippen LogP contribution is -2.59. The second-order valence-electron chi connectivity index (χ2n) is 9.69. The van der Waals surface area contributed by atoms with Crippen molar-refractivity contribution in [3.63, 3.8) is 0 Å². The van der Waals surface area contributed by atoms with Crippen LogP contribution in [-0.4, -0.2) is 41.3 Å². The Morgan fingerprint density at radius 2 is 1.44 bits per heavy atom. The van der Waals surface area contributed by atoms with Crippen LogP contribution in [0.25, 0.3) is 11.1 Å². The molecule has 2 aromatic carbocycles. The van der Waals surface area contributed by atoms with Crippen molar-refractivity contribution in [2.45, 2.75) is 52.1 Å². The highest BCUT2D eigenvalue weighted by Gasteiger charge is 2.38. The molecule has 0 bridgehead atoms. The molecule has 32 heavy (non-hydrogen) atoms. The fourth-order valence-corrected chi connectivity index (χ4v) is 3.87. The summed E-state index contributed by atoms with van der Waals surface area (Å²) in [5.74, 6) is -1.85. The monoisotopic (exact) mass is 438 g/mol. The van der Waals surface area contributed by atoms with Gasteiger partial charge in [0.05, 0.1) is 0 Å². The molecule has 2 amide bonds. The van der Waals surface area contributed by atoms with Crippen LogP contribution >= 0.6 is 0 Å². The summed E-state index contributed by atoms with van der Waals surface area (Å²) in [4.78, 5) is 36.8. The number of hydrogen-bond acceptors (Lipinski definition) is 4. The van der Waals surface area contributed by atoms with Crippen molar-refractivity contribution in [1.29, 1.82) is 0 Å². The maximum absolute atomic E-state index is 12.8. The molecule has 0 aromatic heterocycles. The van der Waals surface area contributed by atoms with Gasteiger partial charge in [-0.2, -0.15) is 0 Å². The maximum Gasteiger partial charge on any atom is 0.407 e. The summed E-state index contributed by atoms with van der Waals surface area (Å²) in [7, 11) is 0. The van der Waals surface area contributed by atoms with Crippen LogP contribution in [0.4, 0.5) is 4.79 Å². The van der Waals surface area contributed by atoms with Gasteiger partial charge in [0.15, 0.2) is 0 Å². The molecule has 3 rings (SSSR count). The molecule has 0 fully saturated rings. The summed E-state index contributed by atoms with van der Waals surface area (Å²) >= 11 is 0. The van der Waals surface area contributed by atoms with Crippen molar-refractivity contribution >= 4 is 18.0 Å². The van der Waals surface area contributed by atoms with Gasteiger partial charge in [-0.25, -0.2) is 9.59 Å². The number of carboxylic acids is 1. The van der Waals surface area contributed by atoms with E-state index in [4.69, 9.17) is 4.74 Å². The third-order valence-electron chi connectivity index (χ3n) is 5.70. The van der Waals surface area contributed by atoms with Gasteiger partial charge < -0.3 is 20.5 Å². The third-order valence-corrected chi connectivity index (χ3v) is 5.70. The number of amides is 2. The Morgan fingerprint density at radius 3 is 1.91 bits per heavy atom. The SMILES string of the molecule is CC(C)(NC(=O)C(NC(=O)OCC1c2ccccc2-c2ccccc21)C(C)(C)C)C(=O)O. The van der Waals surface area contributed by atoms with Crippen molar-refractivity contribution in [3.05, 3.63) is 59.7 Å². The average molecular weight is 439 g/mol. The Bertz CT molecular complexity index is 993. The molecule has 1 aliphatic rings. The number of carbonyl (C=O) groups is 3. The fourth-order valence-electron chi connectivity index (χ4n) is 3.87. The molecule has 7 heteroatoms. The van der Waals surface area contributed by atoms with Crippen LogP contribution in [-0.2, 0) is 14.3 Å². The number of benzene rings is 2. The van der Waals surface area contributed by atoms with Crippen LogP contribution in [0.1, 0.15) is 51.7 Å². The van der Waals surface area contributed by atoms with E-state index in [2.05, 4.69) is 22.8 Å². The molecule has 1 atom stereocenters. The summed E-state index contributed by atoms with van der Waals surface area (Å²) in [6.45, 7) is 8.26. The van der Waals surface area contributed by atoms with Gasteiger partial charge in [-0.15, -0.1) is 0 Å². The first-order valence-corrected chi connectivity index (χ1v) is 10.6. The highest BCUT2D eigenvalue weighted by molar-refractivity contribution is 5.91. The summed E-state index contributed by atoms with van der Waals surface area (Å²) in [5, 5.41) is 14.4. The number of fused-ring (bicyclic) bond motifs is 3. The zero-order valence-corrected chi connectivity index (χ0v) is 19.1. The number of carboxylic acid groups (broad SMARTS) is 1. The van der Waals surface area contributed by atoms with Crippen LogP contribution < -0.4 is 10.6 Å². The smallest absolute Gasteiger partial charge is 0.407 e. The number of ether oxygens (including phenoxy) is 1. The van der Waals surface area contributed by atoms with Gasteiger partial charge in [0.1, 0.15) is 18.2 Å². The molecular formula is C25H30N2O5. The molecular weight excluding hydrogens is 408 g/mol. The minimum atomic E-state index is -1.47. The normalized spacial score (nSPS) is 14.2. The van der Waals surface area contributed by atoms with Crippen LogP contribution in [0.15, 0.2) is 48.5 Å².